The van der Waals surface area contributed by atoms with Crippen molar-refractivity contribution in [1.82, 2.24) is 19.9 Å². The molecule has 1 fully saturated rings. The summed E-state index contributed by atoms with van der Waals surface area (Å²) < 4.78 is 1.60. The SMILES string of the molecule is O=C(Nc1ccccc1N1CCc2ccccc21)N1C[C@@H](O)[C@H](n2ccnn2)C1. The topological polar surface area (TPSA) is 86.5 Å². The molecule has 5 rings (SSSR count). The Morgan fingerprint density at radius 3 is 2.69 bits per heavy atom. The lowest BCUT2D eigenvalue weighted by molar-refractivity contribution is 0.139. The van der Waals surface area contributed by atoms with E-state index in [-0.39, 0.29) is 18.6 Å². The largest absolute Gasteiger partial charge is 0.389 e. The van der Waals surface area contributed by atoms with E-state index in [1.54, 1.807) is 22.0 Å². The highest BCUT2D eigenvalue weighted by Gasteiger charge is 2.36. The predicted molar refractivity (Wildman–Crippen MR) is 109 cm³/mol. The van der Waals surface area contributed by atoms with Gasteiger partial charge in [-0.1, -0.05) is 35.5 Å². The number of benzene rings is 2. The van der Waals surface area contributed by atoms with Crippen LogP contribution in [0.2, 0.25) is 0 Å². The summed E-state index contributed by atoms with van der Waals surface area (Å²) in [7, 11) is 0. The summed E-state index contributed by atoms with van der Waals surface area (Å²) in [6, 6.07) is 15.7. The number of nitrogens with one attached hydrogen (secondary N) is 1. The molecule has 2 amide bonds. The molecule has 2 aliphatic rings. The fourth-order valence-corrected chi connectivity index (χ4v) is 4.19. The molecule has 2 aromatic carbocycles. The maximum Gasteiger partial charge on any atom is 0.322 e. The molecule has 0 radical (unpaired) electrons. The number of aliphatic hydroxyl groups excluding tert-OH is 1. The average Bonchev–Trinajstić information content (AvgIpc) is 3.48. The van der Waals surface area contributed by atoms with E-state index < -0.39 is 6.10 Å². The number of carbonyl (C=O) groups excluding carboxylic acids is 1. The molecule has 0 spiro atoms. The van der Waals surface area contributed by atoms with Crippen molar-refractivity contribution < 1.29 is 9.90 Å². The Labute approximate surface area is 168 Å². The summed E-state index contributed by atoms with van der Waals surface area (Å²) in [5, 5.41) is 21.1. The van der Waals surface area contributed by atoms with Crippen molar-refractivity contribution in [3.8, 4) is 0 Å². The third kappa shape index (κ3) is 3.21. The fraction of sp³-hybridized carbons (Fsp3) is 0.286. The number of hydrogen-bond acceptors (Lipinski definition) is 5. The first-order valence-electron chi connectivity index (χ1n) is 9.75. The number of para-hydroxylation sites is 3. The van der Waals surface area contributed by atoms with Gasteiger partial charge in [-0.25, -0.2) is 9.48 Å². The lowest BCUT2D eigenvalue weighted by Crippen LogP contribution is -2.34. The molecular weight excluding hydrogens is 368 g/mol. The number of aliphatic hydroxyl groups is 1. The van der Waals surface area contributed by atoms with E-state index in [9.17, 15) is 9.90 Å². The van der Waals surface area contributed by atoms with E-state index in [2.05, 4.69) is 38.7 Å². The third-order valence-corrected chi connectivity index (χ3v) is 5.65. The molecule has 1 aromatic heterocycles. The van der Waals surface area contributed by atoms with Gasteiger partial charge in [0.15, 0.2) is 0 Å². The minimum Gasteiger partial charge on any atom is -0.389 e. The monoisotopic (exact) mass is 390 g/mol. The van der Waals surface area contributed by atoms with Crippen molar-refractivity contribution in [2.75, 3.05) is 29.9 Å². The Hall–Kier alpha value is -3.39. The molecule has 0 saturated carbocycles. The molecule has 29 heavy (non-hydrogen) atoms. The summed E-state index contributed by atoms with van der Waals surface area (Å²) in [5.74, 6) is 0. The average molecular weight is 390 g/mol. The first-order valence-corrected chi connectivity index (χ1v) is 9.75. The van der Waals surface area contributed by atoms with Gasteiger partial charge in [0.1, 0.15) is 0 Å². The van der Waals surface area contributed by atoms with Crippen LogP contribution in [0.4, 0.5) is 21.9 Å². The molecule has 3 aromatic rings. The van der Waals surface area contributed by atoms with Crippen LogP contribution in [0.15, 0.2) is 60.9 Å². The van der Waals surface area contributed by atoms with Crippen LogP contribution in [0, 0.1) is 0 Å². The standard InChI is InChI=1S/C21H22N6O2/c28-20-14-25(13-19(20)27-12-10-22-24-27)21(29)23-16-6-2-4-8-18(16)26-11-9-15-5-1-3-7-17(15)26/h1-8,10,12,19-20,28H,9,11,13-14H2,(H,23,29)/t19-,20-/m1/s1. The maximum absolute atomic E-state index is 12.9. The van der Waals surface area contributed by atoms with E-state index in [1.165, 1.54) is 11.3 Å². The molecule has 1 saturated heterocycles. The molecule has 8 heteroatoms. The number of β-amino-alcohol motifs (C(OH)–C–C–N with tert-alkyl or cyclic N) is 1. The molecule has 0 aliphatic carbocycles. The van der Waals surface area contributed by atoms with E-state index in [1.807, 2.05) is 30.3 Å². The first-order chi connectivity index (χ1) is 14.2. The Bertz CT molecular complexity index is 1020. The zero-order chi connectivity index (χ0) is 19.8. The molecule has 2 aliphatic heterocycles. The van der Waals surface area contributed by atoms with Crippen LogP contribution in [-0.4, -0.2) is 56.8 Å². The minimum absolute atomic E-state index is 0.230. The van der Waals surface area contributed by atoms with Crippen molar-refractivity contribution in [3.63, 3.8) is 0 Å². The highest BCUT2D eigenvalue weighted by molar-refractivity contribution is 5.94. The normalized spacial score (nSPS) is 20.7. The second kappa shape index (κ2) is 7.21. The minimum atomic E-state index is -0.678. The number of hydrogen-bond donors (Lipinski definition) is 2. The Morgan fingerprint density at radius 1 is 1.07 bits per heavy atom. The summed E-state index contributed by atoms with van der Waals surface area (Å²) in [4.78, 5) is 16.8. The van der Waals surface area contributed by atoms with Crippen molar-refractivity contribution >= 4 is 23.1 Å². The summed E-state index contributed by atoms with van der Waals surface area (Å²) in [6.07, 6.45) is 3.58. The second-order valence-electron chi connectivity index (χ2n) is 7.40. The summed E-state index contributed by atoms with van der Waals surface area (Å²) in [5.41, 5.74) is 4.22. The third-order valence-electron chi connectivity index (χ3n) is 5.65. The van der Waals surface area contributed by atoms with E-state index in [4.69, 9.17) is 0 Å². The first kappa shape index (κ1) is 17.7. The van der Waals surface area contributed by atoms with Gasteiger partial charge < -0.3 is 20.2 Å². The Balaban J connectivity index is 1.35. The fourth-order valence-electron chi connectivity index (χ4n) is 4.19. The quantitative estimate of drug-likeness (QED) is 0.717. The lowest BCUT2D eigenvalue weighted by Gasteiger charge is -2.24. The van der Waals surface area contributed by atoms with Crippen molar-refractivity contribution in [2.45, 2.75) is 18.6 Å². The van der Waals surface area contributed by atoms with Gasteiger partial charge in [0.25, 0.3) is 0 Å². The molecule has 148 valence electrons. The Kier molecular flexibility index (Phi) is 4.40. The van der Waals surface area contributed by atoms with Gasteiger partial charge in [0.2, 0.25) is 0 Å². The number of amides is 2. The predicted octanol–water partition coefficient (Wildman–Crippen LogP) is 2.42. The molecule has 0 unspecified atom stereocenters. The van der Waals surface area contributed by atoms with E-state index in [0.29, 0.717) is 6.54 Å². The Morgan fingerprint density at radius 2 is 1.86 bits per heavy atom. The van der Waals surface area contributed by atoms with Crippen LogP contribution >= 0.6 is 0 Å². The van der Waals surface area contributed by atoms with Gasteiger partial charge in [-0.05, 0) is 30.2 Å². The highest BCUT2D eigenvalue weighted by Crippen LogP contribution is 2.38. The second-order valence-corrected chi connectivity index (χ2v) is 7.40. The van der Waals surface area contributed by atoms with Crippen LogP contribution in [0.5, 0.6) is 0 Å². The van der Waals surface area contributed by atoms with Crippen LogP contribution in [-0.2, 0) is 6.42 Å². The van der Waals surface area contributed by atoms with E-state index in [0.717, 1.165) is 24.3 Å². The van der Waals surface area contributed by atoms with Gasteiger partial charge in [-0.2, -0.15) is 0 Å². The molecule has 2 atom stereocenters. The molecule has 8 nitrogen and oxygen atoms in total. The van der Waals surface area contributed by atoms with Gasteiger partial charge >= 0.3 is 6.03 Å². The number of nitrogens with zero attached hydrogens (tertiary/aromatic N) is 5. The molecular formula is C21H22N6O2. The van der Waals surface area contributed by atoms with Gasteiger partial charge in [-0.15, -0.1) is 5.10 Å². The number of aromatic nitrogens is 3. The van der Waals surface area contributed by atoms with E-state index >= 15 is 0 Å². The number of urea groups is 1. The maximum atomic E-state index is 12.9. The summed E-state index contributed by atoms with van der Waals surface area (Å²) >= 11 is 0. The van der Waals surface area contributed by atoms with Gasteiger partial charge in [-0.3, -0.25) is 0 Å². The number of likely N-dealkylation sites (tertiary alicyclic amines) is 1. The number of rotatable bonds is 3. The number of fused-ring (bicyclic) bond motifs is 1. The molecule has 3 heterocycles. The summed E-state index contributed by atoms with van der Waals surface area (Å²) in [6.45, 7) is 1.51. The van der Waals surface area contributed by atoms with Crippen LogP contribution < -0.4 is 10.2 Å². The van der Waals surface area contributed by atoms with Gasteiger partial charge in [0.05, 0.1) is 36.3 Å². The number of carbonyl (C=O) groups is 1. The van der Waals surface area contributed by atoms with Gasteiger partial charge in [0, 0.05) is 25.0 Å². The van der Waals surface area contributed by atoms with Crippen LogP contribution in [0.3, 0.4) is 0 Å². The smallest absolute Gasteiger partial charge is 0.322 e. The van der Waals surface area contributed by atoms with Crippen molar-refractivity contribution in [2.24, 2.45) is 0 Å². The number of anilines is 3. The van der Waals surface area contributed by atoms with Crippen molar-refractivity contribution in [1.29, 1.82) is 0 Å². The lowest BCUT2D eigenvalue weighted by atomic mass is 10.2. The van der Waals surface area contributed by atoms with Crippen LogP contribution in [0.25, 0.3) is 0 Å². The van der Waals surface area contributed by atoms with Crippen LogP contribution in [0.1, 0.15) is 11.6 Å². The molecule has 0 bridgehead atoms. The zero-order valence-electron chi connectivity index (χ0n) is 15.8. The molecule has 2 N–H and O–H groups in total. The van der Waals surface area contributed by atoms with Crippen molar-refractivity contribution in [3.05, 3.63) is 66.5 Å². The highest BCUT2D eigenvalue weighted by atomic mass is 16.3. The zero-order valence-corrected chi connectivity index (χ0v) is 15.8.